The van der Waals surface area contributed by atoms with Crippen LogP contribution >= 0.6 is 0 Å². The lowest BCUT2D eigenvalue weighted by Crippen LogP contribution is -2.41. The lowest BCUT2D eigenvalue weighted by atomic mass is 10.2. The van der Waals surface area contributed by atoms with Crippen molar-refractivity contribution in [2.24, 2.45) is 0 Å². The molecule has 1 saturated heterocycles. The molecule has 1 atom stereocenters. The Hall–Kier alpha value is -2.26. The summed E-state index contributed by atoms with van der Waals surface area (Å²) in [6.07, 6.45) is 2.29. The van der Waals surface area contributed by atoms with Gasteiger partial charge in [0.15, 0.2) is 5.82 Å². The van der Waals surface area contributed by atoms with Gasteiger partial charge in [0.05, 0.1) is 11.1 Å². The van der Waals surface area contributed by atoms with Crippen LogP contribution in [0, 0.1) is 5.82 Å². The molecule has 2 aromatic rings. The van der Waals surface area contributed by atoms with E-state index in [0.717, 1.165) is 6.20 Å². The predicted molar refractivity (Wildman–Crippen MR) is 98.2 cm³/mol. The Morgan fingerprint density at radius 1 is 1.33 bits per heavy atom. The molecule has 0 saturated carbocycles. The number of nitrogens with zero attached hydrogens (tertiary/aromatic N) is 2. The van der Waals surface area contributed by atoms with Gasteiger partial charge >= 0.3 is 6.09 Å². The van der Waals surface area contributed by atoms with Gasteiger partial charge in [-0.05, 0) is 33.3 Å². The molecule has 0 bridgehead atoms. The van der Waals surface area contributed by atoms with E-state index in [-0.39, 0.29) is 29.4 Å². The van der Waals surface area contributed by atoms with Crippen LogP contribution in [0.15, 0.2) is 35.5 Å². The van der Waals surface area contributed by atoms with Crippen molar-refractivity contribution in [1.29, 1.82) is 0 Å². The summed E-state index contributed by atoms with van der Waals surface area (Å²) in [6.45, 7) is 5.59. The van der Waals surface area contributed by atoms with E-state index < -0.39 is 27.5 Å². The maximum Gasteiger partial charge on any atom is 0.407 e. The van der Waals surface area contributed by atoms with Gasteiger partial charge in [-0.3, -0.25) is 4.98 Å². The second-order valence-electron chi connectivity index (χ2n) is 7.47. The number of benzene rings is 1. The van der Waals surface area contributed by atoms with Gasteiger partial charge in [-0.1, -0.05) is 12.1 Å². The molecule has 9 heteroatoms. The van der Waals surface area contributed by atoms with Crippen molar-refractivity contribution in [3.8, 4) is 0 Å². The number of pyridine rings is 1. The highest BCUT2D eigenvalue weighted by atomic mass is 32.2. The number of nitrogens with one attached hydrogen (secondary N) is 1. The van der Waals surface area contributed by atoms with Crippen LogP contribution in [0.4, 0.5) is 9.18 Å². The molecule has 1 amide bonds. The number of carbonyl (C=O) groups is 1. The first-order valence-electron chi connectivity index (χ1n) is 8.60. The van der Waals surface area contributed by atoms with Crippen LogP contribution in [0.5, 0.6) is 0 Å². The number of sulfonamides is 1. The van der Waals surface area contributed by atoms with Crippen molar-refractivity contribution in [3.63, 3.8) is 0 Å². The topological polar surface area (TPSA) is 88.6 Å². The number of aromatic nitrogens is 1. The highest BCUT2D eigenvalue weighted by Gasteiger charge is 2.35. The van der Waals surface area contributed by atoms with E-state index in [1.54, 1.807) is 32.9 Å². The number of hydrogen-bond donors (Lipinski definition) is 1. The van der Waals surface area contributed by atoms with Crippen molar-refractivity contribution < 1.29 is 22.3 Å². The minimum atomic E-state index is -3.92. The maximum absolute atomic E-state index is 14.3. The molecule has 1 N–H and O–H groups in total. The monoisotopic (exact) mass is 395 g/mol. The fourth-order valence-corrected chi connectivity index (χ4v) is 4.78. The summed E-state index contributed by atoms with van der Waals surface area (Å²) in [7, 11) is -3.92. The Balaban J connectivity index is 1.81. The Morgan fingerprint density at radius 3 is 2.78 bits per heavy atom. The van der Waals surface area contributed by atoms with E-state index in [1.165, 1.54) is 16.6 Å². The van der Waals surface area contributed by atoms with Gasteiger partial charge in [0, 0.05) is 36.1 Å². The number of fused-ring (bicyclic) bond motifs is 1. The van der Waals surface area contributed by atoms with Gasteiger partial charge in [0.2, 0.25) is 10.0 Å². The second-order valence-corrected chi connectivity index (χ2v) is 9.38. The number of carbonyl (C=O) groups excluding carboxylic acids is 1. The molecule has 1 aliphatic rings. The zero-order valence-electron chi connectivity index (χ0n) is 15.4. The van der Waals surface area contributed by atoms with Gasteiger partial charge in [0.1, 0.15) is 5.60 Å². The first kappa shape index (κ1) is 19.5. The van der Waals surface area contributed by atoms with Crippen LogP contribution in [0.25, 0.3) is 10.8 Å². The summed E-state index contributed by atoms with van der Waals surface area (Å²) in [5, 5.41) is 3.13. The van der Waals surface area contributed by atoms with E-state index in [4.69, 9.17) is 4.74 Å². The average molecular weight is 395 g/mol. The quantitative estimate of drug-likeness (QED) is 0.863. The number of hydrogen-bond acceptors (Lipinski definition) is 5. The van der Waals surface area contributed by atoms with Gasteiger partial charge in [-0.25, -0.2) is 17.6 Å². The summed E-state index contributed by atoms with van der Waals surface area (Å²) in [5.74, 6) is -0.686. The molecule has 1 aromatic heterocycles. The SMILES string of the molecule is CC(C)(C)OC(=O)N[C@H]1CCN(S(=O)(=O)c2cccc3cncc(F)c23)C1. The molecular weight excluding hydrogens is 373 g/mol. The highest BCUT2D eigenvalue weighted by molar-refractivity contribution is 7.89. The highest BCUT2D eigenvalue weighted by Crippen LogP contribution is 2.29. The average Bonchev–Trinajstić information content (AvgIpc) is 3.02. The molecule has 7 nitrogen and oxygen atoms in total. The standard InChI is InChI=1S/C18H22FN3O4S/c1-18(2,3)26-17(23)21-13-7-8-22(11-13)27(24,25)15-6-4-5-12-9-20-10-14(19)16(12)15/h4-6,9-10,13H,7-8,11H2,1-3H3,(H,21,23)/t13-/m0/s1. The van der Waals surface area contributed by atoms with Crippen molar-refractivity contribution in [2.45, 2.75) is 43.7 Å². The van der Waals surface area contributed by atoms with E-state index in [1.807, 2.05) is 0 Å². The fraction of sp³-hybridized carbons (Fsp3) is 0.444. The van der Waals surface area contributed by atoms with Gasteiger partial charge in [-0.2, -0.15) is 4.31 Å². The van der Waals surface area contributed by atoms with Crippen LogP contribution in [0.2, 0.25) is 0 Å². The van der Waals surface area contributed by atoms with Crippen LogP contribution in [-0.2, 0) is 14.8 Å². The van der Waals surface area contributed by atoms with Crippen LogP contribution in [0.1, 0.15) is 27.2 Å². The minimum absolute atomic E-state index is 0.0241. The molecule has 146 valence electrons. The van der Waals surface area contributed by atoms with Crippen molar-refractivity contribution in [2.75, 3.05) is 13.1 Å². The first-order chi connectivity index (χ1) is 12.6. The van der Waals surface area contributed by atoms with Gasteiger partial charge in [0.25, 0.3) is 0 Å². The summed E-state index contributed by atoms with van der Waals surface area (Å²) >= 11 is 0. The van der Waals surface area contributed by atoms with Crippen LogP contribution in [-0.4, -0.2) is 48.5 Å². The minimum Gasteiger partial charge on any atom is -0.444 e. The summed E-state index contributed by atoms with van der Waals surface area (Å²) in [4.78, 5) is 15.6. The number of alkyl carbamates (subject to hydrolysis) is 1. The molecule has 0 aliphatic carbocycles. The molecule has 27 heavy (non-hydrogen) atoms. The van der Waals surface area contributed by atoms with Crippen molar-refractivity contribution >= 4 is 26.9 Å². The van der Waals surface area contributed by atoms with Crippen molar-refractivity contribution in [1.82, 2.24) is 14.6 Å². The van der Waals surface area contributed by atoms with E-state index in [0.29, 0.717) is 11.8 Å². The second kappa shape index (κ2) is 7.05. The van der Waals surface area contributed by atoms with Crippen LogP contribution < -0.4 is 5.32 Å². The summed E-state index contributed by atoms with van der Waals surface area (Å²) < 4.78 is 46.8. The number of halogens is 1. The molecule has 0 spiro atoms. The maximum atomic E-state index is 14.3. The van der Waals surface area contributed by atoms with Crippen molar-refractivity contribution in [3.05, 3.63) is 36.4 Å². The smallest absolute Gasteiger partial charge is 0.407 e. The molecular formula is C18H22FN3O4S. The van der Waals surface area contributed by atoms with Gasteiger partial charge in [-0.15, -0.1) is 0 Å². The molecule has 1 fully saturated rings. The Morgan fingerprint density at radius 2 is 2.07 bits per heavy atom. The van der Waals surface area contributed by atoms with Gasteiger partial charge < -0.3 is 10.1 Å². The normalized spacial score (nSPS) is 18.6. The largest absolute Gasteiger partial charge is 0.444 e. The third-order valence-corrected chi connectivity index (χ3v) is 6.10. The summed E-state index contributed by atoms with van der Waals surface area (Å²) in [5.41, 5.74) is -0.636. The zero-order chi connectivity index (χ0) is 19.8. The summed E-state index contributed by atoms with van der Waals surface area (Å²) in [6, 6.07) is 4.19. The molecule has 1 aliphatic heterocycles. The molecule has 0 radical (unpaired) electrons. The molecule has 0 unspecified atom stereocenters. The van der Waals surface area contributed by atoms with E-state index in [2.05, 4.69) is 10.3 Å². The predicted octanol–water partition coefficient (Wildman–Crippen LogP) is 2.66. The lowest BCUT2D eigenvalue weighted by molar-refractivity contribution is 0.0507. The first-order valence-corrected chi connectivity index (χ1v) is 10.0. The number of ether oxygens (including phenoxy) is 1. The number of amides is 1. The molecule has 1 aromatic carbocycles. The zero-order valence-corrected chi connectivity index (χ0v) is 16.2. The molecule has 3 rings (SSSR count). The van der Waals surface area contributed by atoms with E-state index >= 15 is 0 Å². The van der Waals surface area contributed by atoms with Crippen LogP contribution in [0.3, 0.4) is 0 Å². The third-order valence-electron chi connectivity index (χ3n) is 4.19. The fourth-order valence-electron chi connectivity index (χ4n) is 3.05. The Kier molecular flexibility index (Phi) is 5.09. The van der Waals surface area contributed by atoms with E-state index in [9.17, 15) is 17.6 Å². The Bertz CT molecular complexity index is 967. The number of rotatable bonds is 3. The lowest BCUT2D eigenvalue weighted by Gasteiger charge is -2.22. The third kappa shape index (κ3) is 4.19. The Labute approximate surface area is 157 Å². The molecule has 2 heterocycles.